The van der Waals surface area contributed by atoms with Gasteiger partial charge in [0.25, 0.3) is 5.91 Å². The molecule has 0 saturated heterocycles. The topological polar surface area (TPSA) is 84.4 Å². The van der Waals surface area contributed by atoms with E-state index in [1.807, 2.05) is 12.1 Å². The van der Waals surface area contributed by atoms with Gasteiger partial charge in [0, 0.05) is 30.6 Å². The van der Waals surface area contributed by atoms with Crippen LogP contribution in [0.2, 0.25) is 10.3 Å². The van der Waals surface area contributed by atoms with Crippen LogP contribution in [0.4, 0.5) is 5.82 Å². The second-order valence-corrected chi connectivity index (χ2v) is 8.47. The van der Waals surface area contributed by atoms with E-state index in [1.54, 1.807) is 30.3 Å². The summed E-state index contributed by atoms with van der Waals surface area (Å²) in [5.41, 5.74) is 3.41. The molecule has 1 N–H and O–H groups in total. The molecule has 0 spiro atoms. The number of nitrogens with one attached hydrogen (secondary N) is 1. The Kier molecular flexibility index (Phi) is 7.11. The molecule has 1 atom stereocenters. The summed E-state index contributed by atoms with van der Waals surface area (Å²) in [6.07, 6.45) is 1.11. The van der Waals surface area contributed by atoms with E-state index in [9.17, 15) is 9.59 Å². The maximum Gasteiger partial charge on any atom is 0.328 e. The Morgan fingerprint density at radius 3 is 2.55 bits per heavy atom. The molecule has 1 unspecified atom stereocenters. The van der Waals surface area contributed by atoms with Gasteiger partial charge >= 0.3 is 5.97 Å². The first-order chi connectivity index (χ1) is 15.9. The second-order valence-electron chi connectivity index (χ2n) is 7.70. The van der Waals surface area contributed by atoms with Gasteiger partial charge in [-0.3, -0.25) is 4.79 Å². The molecule has 1 aliphatic rings. The summed E-state index contributed by atoms with van der Waals surface area (Å²) in [5, 5.41) is 3.25. The number of halogens is 2. The zero-order valence-corrected chi connectivity index (χ0v) is 19.4. The van der Waals surface area contributed by atoms with Crippen molar-refractivity contribution in [1.82, 2.24) is 15.3 Å². The van der Waals surface area contributed by atoms with Gasteiger partial charge in [-0.05, 0) is 46.8 Å². The zero-order chi connectivity index (χ0) is 23.4. The highest BCUT2D eigenvalue weighted by atomic mass is 35.5. The minimum absolute atomic E-state index is 0.0381. The number of benzene rings is 2. The van der Waals surface area contributed by atoms with Crippen molar-refractivity contribution in [3.8, 4) is 0 Å². The Balaban J connectivity index is 1.52. The molecule has 4 rings (SSSR count). The fraction of sp³-hybridized carbons (Fsp3) is 0.250. The Bertz CT molecular complexity index is 1170. The van der Waals surface area contributed by atoms with Crippen LogP contribution in [0.3, 0.4) is 0 Å². The maximum absolute atomic E-state index is 13.0. The zero-order valence-electron chi connectivity index (χ0n) is 17.9. The number of hydrogen-bond donors (Lipinski definition) is 1. The summed E-state index contributed by atoms with van der Waals surface area (Å²) < 4.78 is 4.87. The Morgan fingerprint density at radius 1 is 1.09 bits per heavy atom. The van der Waals surface area contributed by atoms with E-state index >= 15 is 0 Å². The maximum atomic E-state index is 13.0. The Morgan fingerprint density at radius 2 is 1.82 bits per heavy atom. The van der Waals surface area contributed by atoms with E-state index in [1.165, 1.54) is 18.2 Å². The molecule has 2 aromatic carbocycles. The van der Waals surface area contributed by atoms with Crippen LogP contribution in [0.15, 0.2) is 54.6 Å². The molecular formula is C24H22Cl2N4O3. The number of methoxy groups -OCH3 is 1. The van der Waals surface area contributed by atoms with E-state index in [0.29, 0.717) is 17.4 Å². The van der Waals surface area contributed by atoms with Crippen molar-refractivity contribution in [3.63, 3.8) is 0 Å². The smallest absolute Gasteiger partial charge is 0.328 e. The van der Waals surface area contributed by atoms with Gasteiger partial charge in [-0.2, -0.15) is 0 Å². The quantitative estimate of drug-likeness (QED) is 0.422. The van der Waals surface area contributed by atoms with E-state index in [-0.39, 0.29) is 17.4 Å². The molecule has 33 heavy (non-hydrogen) atoms. The van der Waals surface area contributed by atoms with Crippen LogP contribution in [0.1, 0.15) is 27.2 Å². The molecule has 0 bridgehead atoms. The lowest BCUT2D eigenvalue weighted by Gasteiger charge is -2.30. The highest BCUT2D eigenvalue weighted by Crippen LogP contribution is 2.24. The average molecular weight is 485 g/mol. The Labute approximate surface area is 201 Å². The van der Waals surface area contributed by atoms with Crippen LogP contribution in [0.25, 0.3) is 0 Å². The number of esters is 1. The minimum Gasteiger partial charge on any atom is -0.467 e. The summed E-state index contributed by atoms with van der Waals surface area (Å²) in [6, 6.07) is 15.9. The molecular weight excluding hydrogens is 463 g/mol. The normalized spacial score (nSPS) is 13.7. The lowest BCUT2D eigenvalue weighted by atomic mass is 10.00. The van der Waals surface area contributed by atoms with E-state index in [4.69, 9.17) is 27.9 Å². The van der Waals surface area contributed by atoms with Gasteiger partial charge in [0.2, 0.25) is 5.28 Å². The van der Waals surface area contributed by atoms with Crippen LogP contribution in [-0.4, -0.2) is 41.5 Å². The third-order valence-corrected chi connectivity index (χ3v) is 5.94. The molecule has 0 fully saturated rings. The minimum atomic E-state index is -0.900. The van der Waals surface area contributed by atoms with Crippen LogP contribution in [0, 0.1) is 0 Å². The summed E-state index contributed by atoms with van der Waals surface area (Å²) >= 11 is 12.1. The van der Waals surface area contributed by atoms with Gasteiger partial charge in [0.15, 0.2) is 0 Å². The molecule has 1 aromatic heterocycles. The molecule has 9 heteroatoms. The molecule has 0 radical (unpaired) electrons. The first kappa shape index (κ1) is 23.0. The monoisotopic (exact) mass is 484 g/mol. The lowest BCUT2D eigenvalue weighted by Crippen LogP contribution is -2.43. The molecule has 170 valence electrons. The second kappa shape index (κ2) is 10.2. The third kappa shape index (κ3) is 5.61. The number of carbonyl (C=O) groups is 2. The standard InChI is InChI=1S/C24H22Cl2N4O3/c1-33-23(32)20(12-15-6-8-18(25)9-7-15)27-22(31)19-13-21(29-24(26)28-19)30-11-10-16-4-2-3-5-17(16)14-30/h2-9,13,20H,10-12,14H2,1H3,(H,27,31). The van der Waals surface area contributed by atoms with Crippen molar-refractivity contribution in [3.05, 3.63) is 87.3 Å². The molecule has 2 heterocycles. The number of anilines is 1. The molecule has 7 nitrogen and oxygen atoms in total. The first-order valence-electron chi connectivity index (χ1n) is 10.4. The number of carbonyl (C=O) groups excluding carboxylic acids is 2. The van der Waals surface area contributed by atoms with Gasteiger partial charge < -0.3 is 15.0 Å². The summed E-state index contributed by atoms with van der Waals surface area (Å²) in [4.78, 5) is 35.8. The number of fused-ring (bicyclic) bond motifs is 1. The lowest BCUT2D eigenvalue weighted by molar-refractivity contribution is -0.142. The Hall–Kier alpha value is -3.16. The highest BCUT2D eigenvalue weighted by molar-refractivity contribution is 6.30. The van der Waals surface area contributed by atoms with Crippen molar-refractivity contribution in [2.24, 2.45) is 0 Å². The fourth-order valence-corrected chi connectivity index (χ4v) is 4.10. The number of aromatic nitrogens is 2. The van der Waals surface area contributed by atoms with Crippen LogP contribution in [-0.2, 0) is 28.9 Å². The molecule has 1 aliphatic heterocycles. The van der Waals surface area contributed by atoms with Crippen molar-refractivity contribution < 1.29 is 14.3 Å². The van der Waals surface area contributed by atoms with E-state index < -0.39 is 17.9 Å². The summed E-state index contributed by atoms with van der Waals surface area (Å²) in [6.45, 7) is 1.40. The summed E-state index contributed by atoms with van der Waals surface area (Å²) in [5.74, 6) is -0.546. The van der Waals surface area contributed by atoms with Gasteiger partial charge in [-0.1, -0.05) is 48.0 Å². The highest BCUT2D eigenvalue weighted by Gasteiger charge is 2.25. The van der Waals surface area contributed by atoms with Gasteiger partial charge in [-0.15, -0.1) is 0 Å². The number of rotatable bonds is 6. The van der Waals surface area contributed by atoms with Gasteiger partial charge in [0.05, 0.1) is 7.11 Å². The number of nitrogens with zero attached hydrogens (tertiary/aromatic N) is 3. The van der Waals surface area contributed by atoms with Crippen molar-refractivity contribution in [2.75, 3.05) is 18.6 Å². The fourth-order valence-electron chi connectivity index (χ4n) is 3.80. The van der Waals surface area contributed by atoms with Crippen molar-refractivity contribution >= 4 is 40.9 Å². The number of ether oxygens (including phenoxy) is 1. The van der Waals surface area contributed by atoms with Gasteiger partial charge in [-0.25, -0.2) is 14.8 Å². The van der Waals surface area contributed by atoms with Crippen LogP contribution in [0.5, 0.6) is 0 Å². The van der Waals surface area contributed by atoms with E-state index in [2.05, 4.69) is 32.3 Å². The number of hydrogen-bond acceptors (Lipinski definition) is 6. The van der Waals surface area contributed by atoms with Crippen LogP contribution < -0.4 is 10.2 Å². The van der Waals surface area contributed by atoms with Crippen molar-refractivity contribution in [2.45, 2.75) is 25.4 Å². The van der Waals surface area contributed by atoms with E-state index in [0.717, 1.165) is 18.5 Å². The molecule has 0 saturated carbocycles. The number of amides is 1. The average Bonchev–Trinajstić information content (AvgIpc) is 2.83. The molecule has 0 aliphatic carbocycles. The largest absolute Gasteiger partial charge is 0.467 e. The van der Waals surface area contributed by atoms with Crippen molar-refractivity contribution in [1.29, 1.82) is 0 Å². The first-order valence-corrected chi connectivity index (χ1v) is 11.2. The molecule has 1 amide bonds. The predicted molar refractivity (Wildman–Crippen MR) is 127 cm³/mol. The predicted octanol–water partition coefficient (Wildman–Crippen LogP) is 3.86. The molecule has 3 aromatic rings. The van der Waals surface area contributed by atoms with Gasteiger partial charge in [0.1, 0.15) is 17.6 Å². The summed E-state index contributed by atoms with van der Waals surface area (Å²) in [7, 11) is 1.28. The van der Waals surface area contributed by atoms with Crippen LogP contribution >= 0.6 is 23.2 Å². The third-order valence-electron chi connectivity index (χ3n) is 5.52. The SMILES string of the molecule is COC(=O)C(Cc1ccc(Cl)cc1)NC(=O)c1cc(N2CCc3ccccc3C2)nc(Cl)n1.